The molecule has 3 N–H and O–H groups in total. The summed E-state index contributed by atoms with van der Waals surface area (Å²) in [5.41, 5.74) is -0.297. The summed E-state index contributed by atoms with van der Waals surface area (Å²) >= 11 is 3.00. The van der Waals surface area contributed by atoms with Crippen molar-refractivity contribution in [2.75, 3.05) is 18.5 Å². The molecule has 1 aromatic rings. The fraction of sp³-hybridized carbons (Fsp3) is 0.556. The van der Waals surface area contributed by atoms with E-state index in [1.165, 1.54) is 6.20 Å². The fourth-order valence-electron chi connectivity index (χ4n) is 1.15. The Balaban J connectivity index is 2.79. The molecule has 1 unspecified atom stereocenters. The highest BCUT2D eigenvalue weighted by atomic mass is 79.9. The van der Waals surface area contributed by atoms with E-state index in [0.29, 0.717) is 0 Å². The van der Waals surface area contributed by atoms with Crippen molar-refractivity contribution in [3.05, 3.63) is 21.0 Å². The number of aromatic nitrogens is 2. The minimum Gasteiger partial charge on any atom is -0.394 e. The zero-order chi connectivity index (χ0) is 13.7. The number of alkyl halides is 2. The van der Waals surface area contributed by atoms with Gasteiger partial charge in [-0.3, -0.25) is 4.79 Å². The highest BCUT2D eigenvalue weighted by Crippen LogP contribution is 2.16. The minimum atomic E-state index is -2.86. The molecule has 1 rings (SSSR count). The van der Waals surface area contributed by atoms with Gasteiger partial charge in [-0.15, -0.1) is 0 Å². The van der Waals surface area contributed by atoms with Crippen LogP contribution in [-0.2, 0) is 6.54 Å². The summed E-state index contributed by atoms with van der Waals surface area (Å²) in [6, 6.07) is 0. The van der Waals surface area contributed by atoms with Crippen LogP contribution in [-0.4, -0.2) is 45.7 Å². The number of hydrogen-bond donors (Lipinski definition) is 3. The Kier molecular flexibility index (Phi) is 5.63. The molecule has 18 heavy (non-hydrogen) atoms. The average molecular weight is 328 g/mol. The second kappa shape index (κ2) is 6.76. The molecule has 9 heteroatoms. The van der Waals surface area contributed by atoms with Gasteiger partial charge in [-0.05, 0) is 15.9 Å². The van der Waals surface area contributed by atoms with Gasteiger partial charge in [0.1, 0.15) is 10.6 Å². The first-order valence-electron chi connectivity index (χ1n) is 5.04. The normalized spacial score (nSPS) is 12.8. The maximum absolute atomic E-state index is 12.1. The summed E-state index contributed by atoms with van der Waals surface area (Å²) in [6.45, 7) is -0.602. The first-order chi connectivity index (χ1) is 8.47. The van der Waals surface area contributed by atoms with Crippen LogP contribution in [0.4, 0.5) is 14.5 Å². The molecule has 0 saturated carbocycles. The van der Waals surface area contributed by atoms with Crippen molar-refractivity contribution in [3.8, 4) is 0 Å². The van der Waals surface area contributed by atoms with Gasteiger partial charge in [-0.25, -0.2) is 13.5 Å². The molecule has 0 bridgehead atoms. The van der Waals surface area contributed by atoms with Gasteiger partial charge in [0, 0.05) is 6.54 Å². The minimum absolute atomic E-state index is 0.0391. The lowest BCUT2D eigenvalue weighted by Crippen LogP contribution is -2.29. The Morgan fingerprint density at radius 1 is 1.56 bits per heavy atom. The van der Waals surface area contributed by atoms with Crippen LogP contribution in [0.2, 0.25) is 0 Å². The van der Waals surface area contributed by atoms with Gasteiger partial charge in [0.2, 0.25) is 0 Å². The van der Waals surface area contributed by atoms with Gasteiger partial charge < -0.3 is 15.5 Å². The molecule has 0 aliphatic heterocycles. The topological polar surface area (TPSA) is 87.4 Å². The van der Waals surface area contributed by atoms with Crippen molar-refractivity contribution in [1.29, 1.82) is 0 Å². The maximum atomic E-state index is 12.1. The molecule has 6 nitrogen and oxygen atoms in total. The number of nitrogens with one attached hydrogen (secondary N) is 1. The van der Waals surface area contributed by atoms with Crippen molar-refractivity contribution in [3.63, 3.8) is 0 Å². The number of anilines is 1. The summed E-state index contributed by atoms with van der Waals surface area (Å²) < 4.78 is 25.3. The number of rotatable bonds is 6. The second-order valence-electron chi connectivity index (χ2n) is 3.41. The lowest BCUT2D eigenvalue weighted by molar-refractivity contribution is 0.00383. The highest BCUT2D eigenvalue weighted by molar-refractivity contribution is 9.10. The van der Waals surface area contributed by atoms with Gasteiger partial charge in [0.15, 0.2) is 0 Å². The molecule has 102 valence electrons. The molecule has 0 aliphatic carbocycles. The number of hydrogen-bond acceptors (Lipinski definition) is 5. The zero-order valence-electron chi connectivity index (χ0n) is 9.18. The van der Waals surface area contributed by atoms with E-state index < -0.39 is 24.6 Å². The molecule has 1 heterocycles. The van der Waals surface area contributed by atoms with Crippen LogP contribution in [0.25, 0.3) is 0 Å². The van der Waals surface area contributed by atoms with E-state index in [2.05, 4.69) is 26.3 Å². The van der Waals surface area contributed by atoms with E-state index in [9.17, 15) is 13.6 Å². The summed E-state index contributed by atoms with van der Waals surface area (Å²) in [7, 11) is 0. The van der Waals surface area contributed by atoms with Crippen LogP contribution in [0.15, 0.2) is 15.5 Å². The monoisotopic (exact) mass is 327 g/mol. The number of aliphatic hydroxyl groups excluding tert-OH is 2. The standard InChI is InChI=1S/C9H12BrF2N3O3/c10-7-5(13-4-6(17)8(11)12)3-14-15(1-2-16)9(7)18/h3,6,8,13,16-17H,1-2,4H2. The predicted octanol–water partition coefficient (Wildman–Crippen LogP) is 0.0360. The van der Waals surface area contributed by atoms with Crippen molar-refractivity contribution in [2.24, 2.45) is 0 Å². The molecule has 0 aromatic carbocycles. The van der Waals surface area contributed by atoms with E-state index in [4.69, 9.17) is 10.2 Å². The van der Waals surface area contributed by atoms with Crippen LogP contribution >= 0.6 is 15.9 Å². The Morgan fingerprint density at radius 3 is 2.78 bits per heavy atom. The summed E-state index contributed by atoms with van der Waals surface area (Å²) in [4.78, 5) is 11.6. The zero-order valence-corrected chi connectivity index (χ0v) is 10.8. The number of nitrogens with zero attached hydrogens (tertiary/aromatic N) is 2. The SMILES string of the molecule is O=c1c(Br)c(NCC(O)C(F)F)cnn1CCO. The van der Waals surface area contributed by atoms with Crippen molar-refractivity contribution in [1.82, 2.24) is 9.78 Å². The van der Waals surface area contributed by atoms with Crippen molar-refractivity contribution < 1.29 is 19.0 Å². The second-order valence-corrected chi connectivity index (χ2v) is 4.20. The molecule has 0 amide bonds. The Labute approximate surface area is 109 Å². The molecule has 1 atom stereocenters. The molecule has 0 spiro atoms. The third kappa shape index (κ3) is 3.72. The van der Waals surface area contributed by atoms with Gasteiger partial charge in [-0.2, -0.15) is 5.10 Å². The van der Waals surface area contributed by atoms with Crippen molar-refractivity contribution >= 4 is 21.6 Å². The van der Waals surface area contributed by atoms with E-state index in [0.717, 1.165) is 4.68 Å². The molecule has 0 fully saturated rings. The molecule has 0 radical (unpaired) electrons. The van der Waals surface area contributed by atoms with E-state index >= 15 is 0 Å². The Hall–Kier alpha value is -1.06. The summed E-state index contributed by atoms with van der Waals surface area (Å²) in [5, 5.41) is 23.8. The van der Waals surface area contributed by atoms with Crippen LogP contribution < -0.4 is 10.9 Å². The van der Waals surface area contributed by atoms with Crippen LogP contribution in [0, 0.1) is 0 Å². The Morgan fingerprint density at radius 2 is 2.22 bits per heavy atom. The van der Waals surface area contributed by atoms with Gasteiger partial charge >= 0.3 is 0 Å². The quantitative estimate of drug-likeness (QED) is 0.686. The molecule has 0 saturated heterocycles. The lowest BCUT2D eigenvalue weighted by atomic mass is 10.3. The predicted molar refractivity (Wildman–Crippen MR) is 63.8 cm³/mol. The van der Waals surface area contributed by atoms with Crippen LogP contribution in [0.1, 0.15) is 0 Å². The van der Waals surface area contributed by atoms with Gasteiger partial charge in [-0.1, -0.05) is 0 Å². The van der Waals surface area contributed by atoms with Gasteiger partial charge in [0.05, 0.1) is 25.0 Å². The van der Waals surface area contributed by atoms with E-state index in [-0.39, 0.29) is 23.3 Å². The summed E-state index contributed by atoms with van der Waals surface area (Å²) in [6.07, 6.45) is -3.44. The third-order valence-electron chi connectivity index (χ3n) is 2.09. The number of aliphatic hydroxyl groups is 2. The third-order valence-corrected chi connectivity index (χ3v) is 2.86. The molecular weight excluding hydrogens is 316 g/mol. The van der Waals surface area contributed by atoms with Gasteiger partial charge in [0.25, 0.3) is 12.0 Å². The highest BCUT2D eigenvalue weighted by Gasteiger charge is 2.17. The van der Waals surface area contributed by atoms with Crippen LogP contribution in [0.5, 0.6) is 0 Å². The van der Waals surface area contributed by atoms with Crippen molar-refractivity contribution in [2.45, 2.75) is 19.1 Å². The largest absolute Gasteiger partial charge is 0.394 e. The number of halogens is 3. The van der Waals surface area contributed by atoms with Crippen LogP contribution in [0.3, 0.4) is 0 Å². The lowest BCUT2D eigenvalue weighted by Gasteiger charge is -2.13. The Bertz CT molecular complexity index is 455. The van der Waals surface area contributed by atoms with E-state index in [1.807, 2.05) is 0 Å². The maximum Gasteiger partial charge on any atom is 0.283 e. The summed E-state index contributed by atoms with van der Waals surface area (Å²) in [5.74, 6) is 0. The first kappa shape index (κ1) is 15.0. The fourth-order valence-corrected chi connectivity index (χ4v) is 1.59. The molecular formula is C9H12BrF2N3O3. The smallest absolute Gasteiger partial charge is 0.283 e. The first-order valence-corrected chi connectivity index (χ1v) is 5.83. The molecule has 0 aliphatic rings. The van der Waals surface area contributed by atoms with E-state index in [1.54, 1.807) is 0 Å². The molecule has 1 aromatic heterocycles. The average Bonchev–Trinajstić information content (AvgIpc) is 2.33.